The van der Waals surface area contributed by atoms with E-state index in [2.05, 4.69) is 0 Å². The minimum absolute atomic E-state index is 0.0419. The number of imide groups is 1. The highest BCUT2D eigenvalue weighted by molar-refractivity contribution is 6.23. The Balaban J connectivity index is 1.84. The molecular weight excluding hydrogens is 292 g/mol. The smallest absolute Gasteiger partial charge is 0.259 e. The molecule has 1 aliphatic rings. The van der Waals surface area contributed by atoms with E-state index < -0.39 is 11.9 Å². The summed E-state index contributed by atoms with van der Waals surface area (Å²) in [7, 11) is 0. The predicted octanol–water partition coefficient (Wildman–Crippen LogP) is 2.78. The number of hydroxylamine groups is 1. The van der Waals surface area contributed by atoms with E-state index in [4.69, 9.17) is 0 Å². The Morgan fingerprint density at radius 2 is 1.74 bits per heavy atom. The van der Waals surface area contributed by atoms with Crippen LogP contribution in [0.5, 0.6) is 0 Å². The summed E-state index contributed by atoms with van der Waals surface area (Å²) in [6, 6.07) is 15.2. The Bertz CT molecular complexity index is 713. The molecule has 1 N–H and O–H groups in total. The van der Waals surface area contributed by atoms with Crippen LogP contribution in [0.1, 0.15) is 18.9 Å². The molecule has 1 fully saturated rings. The SMILES string of the molecule is CCc1ccc(N2C(=O)C[C@H](N(O)c3ccccc3)C2=O)cc1. The van der Waals surface area contributed by atoms with Crippen molar-refractivity contribution in [3.05, 3.63) is 60.2 Å². The summed E-state index contributed by atoms with van der Waals surface area (Å²) in [6.45, 7) is 2.04. The lowest BCUT2D eigenvalue weighted by atomic mass is 10.1. The first-order valence-electron chi connectivity index (χ1n) is 7.60. The summed E-state index contributed by atoms with van der Waals surface area (Å²) in [6.07, 6.45) is 0.850. The minimum Gasteiger partial charge on any atom is -0.288 e. The van der Waals surface area contributed by atoms with Crippen LogP contribution in [0.3, 0.4) is 0 Å². The molecule has 0 saturated carbocycles. The minimum atomic E-state index is -0.893. The lowest BCUT2D eigenvalue weighted by molar-refractivity contribution is -0.121. The number of amides is 2. The van der Waals surface area contributed by atoms with Gasteiger partial charge in [-0.05, 0) is 36.2 Å². The van der Waals surface area contributed by atoms with E-state index in [0.29, 0.717) is 11.4 Å². The van der Waals surface area contributed by atoms with Gasteiger partial charge in [-0.15, -0.1) is 0 Å². The van der Waals surface area contributed by atoms with Crippen molar-refractivity contribution in [2.45, 2.75) is 25.8 Å². The molecular formula is C18H18N2O3. The quantitative estimate of drug-likeness (QED) is 0.697. The molecule has 1 heterocycles. The summed E-state index contributed by atoms with van der Waals surface area (Å²) >= 11 is 0. The van der Waals surface area contributed by atoms with Crippen LogP contribution in [0.25, 0.3) is 0 Å². The Kier molecular flexibility index (Phi) is 4.12. The summed E-state index contributed by atoms with van der Waals surface area (Å²) in [4.78, 5) is 26.0. The fourth-order valence-electron chi connectivity index (χ4n) is 2.72. The number of benzene rings is 2. The van der Waals surface area contributed by atoms with Gasteiger partial charge in [0.15, 0.2) is 0 Å². The van der Waals surface area contributed by atoms with E-state index in [1.54, 1.807) is 36.4 Å². The van der Waals surface area contributed by atoms with Crippen molar-refractivity contribution in [1.29, 1.82) is 0 Å². The fourth-order valence-corrected chi connectivity index (χ4v) is 2.72. The van der Waals surface area contributed by atoms with Crippen LogP contribution in [0.2, 0.25) is 0 Å². The third-order valence-corrected chi connectivity index (χ3v) is 4.04. The molecule has 2 amide bonds. The van der Waals surface area contributed by atoms with Crippen LogP contribution in [0, 0.1) is 0 Å². The highest BCUT2D eigenvalue weighted by Gasteiger charge is 2.43. The fraction of sp³-hybridized carbons (Fsp3) is 0.222. The van der Waals surface area contributed by atoms with E-state index in [-0.39, 0.29) is 12.3 Å². The maximum atomic E-state index is 12.6. The largest absolute Gasteiger partial charge is 0.288 e. The molecule has 0 aromatic heterocycles. The van der Waals surface area contributed by atoms with Gasteiger partial charge in [0.1, 0.15) is 6.04 Å². The molecule has 0 spiro atoms. The van der Waals surface area contributed by atoms with Gasteiger partial charge in [-0.3, -0.25) is 14.8 Å². The van der Waals surface area contributed by atoms with E-state index in [1.807, 2.05) is 25.1 Å². The van der Waals surface area contributed by atoms with Gasteiger partial charge in [0.2, 0.25) is 5.91 Å². The second-order valence-electron chi connectivity index (χ2n) is 5.49. The van der Waals surface area contributed by atoms with Gasteiger partial charge >= 0.3 is 0 Å². The Labute approximate surface area is 134 Å². The lowest BCUT2D eigenvalue weighted by Crippen LogP contribution is -2.40. The summed E-state index contributed by atoms with van der Waals surface area (Å²) in [5, 5.41) is 11.2. The summed E-state index contributed by atoms with van der Waals surface area (Å²) in [5.41, 5.74) is 2.17. The lowest BCUT2D eigenvalue weighted by Gasteiger charge is -2.22. The zero-order chi connectivity index (χ0) is 16.4. The van der Waals surface area contributed by atoms with Crippen molar-refractivity contribution in [3.8, 4) is 0 Å². The van der Waals surface area contributed by atoms with Crippen LogP contribution in [-0.2, 0) is 16.0 Å². The third kappa shape index (κ3) is 2.83. The Hall–Kier alpha value is -2.66. The second-order valence-corrected chi connectivity index (χ2v) is 5.49. The first kappa shape index (κ1) is 15.2. The number of para-hydroxylation sites is 1. The number of nitrogens with zero attached hydrogens (tertiary/aromatic N) is 2. The maximum Gasteiger partial charge on any atom is 0.259 e. The van der Waals surface area contributed by atoms with Crippen molar-refractivity contribution in [2.24, 2.45) is 0 Å². The van der Waals surface area contributed by atoms with Crippen LogP contribution in [0.4, 0.5) is 11.4 Å². The van der Waals surface area contributed by atoms with Gasteiger partial charge < -0.3 is 0 Å². The molecule has 0 bridgehead atoms. The summed E-state index contributed by atoms with van der Waals surface area (Å²) in [5.74, 6) is -0.718. The number of carbonyl (C=O) groups is 2. The molecule has 5 heteroatoms. The maximum absolute atomic E-state index is 12.6. The molecule has 1 aliphatic heterocycles. The predicted molar refractivity (Wildman–Crippen MR) is 87.4 cm³/mol. The van der Waals surface area contributed by atoms with E-state index in [9.17, 15) is 14.8 Å². The van der Waals surface area contributed by atoms with E-state index >= 15 is 0 Å². The first-order valence-corrected chi connectivity index (χ1v) is 7.60. The number of hydrogen-bond acceptors (Lipinski definition) is 4. The van der Waals surface area contributed by atoms with Gasteiger partial charge in [0.05, 0.1) is 17.8 Å². The molecule has 5 nitrogen and oxygen atoms in total. The zero-order valence-corrected chi connectivity index (χ0v) is 12.8. The van der Waals surface area contributed by atoms with E-state index in [1.165, 1.54) is 0 Å². The van der Waals surface area contributed by atoms with Gasteiger partial charge in [-0.1, -0.05) is 37.3 Å². The Morgan fingerprint density at radius 3 is 2.35 bits per heavy atom. The van der Waals surface area contributed by atoms with Crippen LogP contribution >= 0.6 is 0 Å². The molecule has 2 aromatic rings. The number of carbonyl (C=O) groups excluding carboxylic acids is 2. The molecule has 0 aliphatic carbocycles. The molecule has 1 saturated heterocycles. The number of aryl methyl sites for hydroxylation is 1. The van der Waals surface area contributed by atoms with Crippen LogP contribution in [0.15, 0.2) is 54.6 Å². The topological polar surface area (TPSA) is 60.9 Å². The first-order chi connectivity index (χ1) is 11.1. The van der Waals surface area contributed by atoms with Gasteiger partial charge in [-0.2, -0.15) is 0 Å². The number of hydrogen-bond donors (Lipinski definition) is 1. The molecule has 0 radical (unpaired) electrons. The molecule has 3 rings (SSSR count). The highest BCUT2D eigenvalue weighted by Crippen LogP contribution is 2.27. The zero-order valence-electron chi connectivity index (χ0n) is 12.8. The van der Waals surface area contributed by atoms with Crippen molar-refractivity contribution in [3.63, 3.8) is 0 Å². The Morgan fingerprint density at radius 1 is 1.09 bits per heavy atom. The number of rotatable bonds is 4. The van der Waals surface area contributed by atoms with Crippen LogP contribution < -0.4 is 9.96 Å². The molecule has 2 aromatic carbocycles. The molecule has 1 atom stereocenters. The highest BCUT2D eigenvalue weighted by atomic mass is 16.5. The second kappa shape index (κ2) is 6.22. The standard InChI is InChI=1S/C18H18N2O3/c1-2-13-8-10-14(11-9-13)19-17(21)12-16(18(19)22)20(23)15-6-4-3-5-7-15/h3-11,16,23H,2,12H2,1H3/t16-/m0/s1. The monoisotopic (exact) mass is 310 g/mol. The van der Waals surface area contributed by atoms with Crippen molar-refractivity contribution in [2.75, 3.05) is 9.96 Å². The number of anilines is 2. The average molecular weight is 310 g/mol. The van der Waals surface area contributed by atoms with Crippen molar-refractivity contribution >= 4 is 23.2 Å². The summed E-state index contributed by atoms with van der Waals surface area (Å²) < 4.78 is 0. The van der Waals surface area contributed by atoms with E-state index in [0.717, 1.165) is 21.9 Å². The average Bonchev–Trinajstić information content (AvgIpc) is 2.89. The van der Waals surface area contributed by atoms with Crippen LogP contribution in [-0.4, -0.2) is 23.1 Å². The normalized spacial score (nSPS) is 17.7. The molecule has 23 heavy (non-hydrogen) atoms. The van der Waals surface area contributed by atoms with Crippen molar-refractivity contribution < 1.29 is 14.8 Å². The van der Waals surface area contributed by atoms with Crippen molar-refractivity contribution in [1.82, 2.24) is 0 Å². The van der Waals surface area contributed by atoms with Gasteiger partial charge in [0.25, 0.3) is 5.91 Å². The third-order valence-electron chi connectivity index (χ3n) is 4.04. The van der Waals surface area contributed by atoms with Gasteiger partial charge in [0, 0.05) is 0 Å². The molecule has 0 unspecified atom stereocenters. The molecule has 118 valence electrons. The van der Waals surface area contributed by atoms with Gasteiger partial charge in [-0.25, -0.2) is 9.96 Å².